The number of thioether (sulfide) groups is 1. The highest BCUT2D eigenvalue weighted by molar-refractivity contribution is 7.99. The maximum Gasteiger partial charge on any atom is 0.236 e. The Hall–Kier alpha value is -3.37. The number of benzene rings is 2. The molecule has 34 heavy (non-hydrogen) atoms. The van der Waals surface area contributed by atoms with Crippen LogP contribution in [0, 0.1) is 6.92 Å². The molecular formula is C24H25N5O3S2. The van der Waals surface area contributed by atoms with Crippen molar-refractivity contribution in [2.75, 3.05) is 18.2 Å². The van der Waals surface area contributed by atoms with E-state index >= 15 is 0 Å². The van der Waals surface area contributed by atoms with Crippen LogP contribution >= 0.6 is 23.1 Å². The molecule has 2 aromatic heterocycles. The highest BCUT2D eigenvalue weighted by Crippen LogP contribution is 2.27. The molecule has 0 radical (unpaired) electrons. The lowest BCUT2D eigenvalue weighted by Gasteiger charge is -2.14. The van der Waals surface area contributed by atoms with Gasteiger partial charge in [0.25, 0.3) is 0 Å². The van der Waals surface area contributed by atoms with E-state index in [4.69, 9.17) is 9.47 Å². The van der Waals surface area contributed by atoms with Crippen LogP contribution in [0.2, 0.25) is 0 Å². The number of carbonyl (C=O) groups excluding carboxylic acids is 1. The van der Waals surface area contributed by atoms with E-state index in [0.29, 0.717) is 21.9 Å². The molecule has 1 amide bonds. The fourth-order valence-corrected chi connectivity index (χ4v) is 4.64. The van der Waals surface area contributed by atoms with Crippen molar-refractivity contribution in [1.29, 1.82) is 0 Å². The van der Waals surface area contributed by atoms with Gasteiger partial charge >= 0.3 is 0 Å². The van der Waals surface area contributed by atoms with Crippen molar-refractivity contribution in [2.24, 2.45) is 7.05 Å². The molecule has 4 aromatic rings. The second-order valence-electron chi connectivity index (χ2n) is 7.58. The number of nitrogens with one attached hydrogen (secondary N) is 1. The molecule has 8 nitrogen and oxygen atoms in total. The molecule has 0 aliphatic carbocycles. The predicted molar refractivity (Wildman–Crippen MR) is 135 cm³/mol. The van der Waals surface area contributed by atoms with Crippen molar-refractivity contribution in [3.8, 4) is 22.8 Å². The van der Waals surface area contributed by atoms with Gasteiger partial charge in [-0.3, -0.25) is 4.79 Å². The van der Waals surface area contributed by atoms with Gasteiger partial charge in [0.1, 0.15) is 11.5 Å². The zero-order valence-corrected chi connectivity index (χ0v) is 20.9. The van der Waals surface area contributed by atoms with Gasteiger partial charge in [-0.05, 0) is 38.1 Å². The summed E-state index contributed by atoms with van der Waals surface area (Å²) in [7, 11) is 3.48. The number of hydrogen-bond donors (Lipinski definition) is 1. The fourth-order valence-electron chi connectivity index (χ4n) is 3.19. The molecule has 0 aliphatic heterocycles. The number of aromatic nitrogens is 4. The number of ether oxygens (including phenoxy) is 2. The Morgan fingerprint density at radius 2 is 1.82 bits per heavy atom. The molecule has 4 rings (SSSR count). The summed E-state index contributed by atoms with van der Waals surface area (Å²) >= 11 is 2.71. The number of aryl methyl sites for hydroxylation is 1. The van der Waals surface area contributed by atoms with Crippen LogP contribution in [0.4, 0.5) is 5.13 Å². The minimum atomic E-state index is -0.315. The summed E-state index contributed by atoms with van der Waals surface area (Å²) in [5, 5.41) is 14.5. The van der Waals surface area contributed by atoms with Crippen molar-refractivity contribution in [2.45, 2.75) is 25.1 Å². The van der Waals surface area contributed by atoms with Crippen LogP contribution in [-0.4, -0.2) is 38.5 Å². The molecule has 1 atom stereocenters. The second-order valence-corrected chi connectivity index (χ2v) is 9.38. The fraction of sp³-hybridized carbons (Fsp3) is 0.250. The molecule has 176 valence electrons. The molecule has 2 heterocycles. The molecular weight excluding hydrogens is 470 g/mol. The van der Waals surface area contributed by atoms with Gasteiger partial charge in [0.2, 0.25) is 5.91 Å². The Morgan fingerprint density at radius 1 is 1.12 bits per heavy atom. The van der Waals surface area contributed by atoms with E-state index in [2.05, 4.69) is 20.5 Å². The van der Waals surface area contributed by atoms with E-state index in [9.17, 15) is 4.79 Å². The highest BCUT2D eigenvalue weighted by atomic mass is 32.2. The Balaban J connectivity index is 1.31. The normalized spacial score (nSPS) is 11.8. The summed E-state index contributed by atoms with van der Waals surface area (Å²) < 4.78 is 13.0. The standard InChI is InChI=1S/C24H25N5O3S2/c1-15-5-7-17(8-6-15)20-13-33-23(25-20)26-21(30)14-34-24-28-27-22(29(24)3)16(2)32-19-11-9-18(31-4)10-12-19/h5-13,16H,14H2,1-4H3,(H,25,26,30). The van der Waals surface area contributed by atoms with Gasteiger partial charge in [-0.15, -0.1) is 21.5 Å². The van der Waals surface area contributed by atoms with Gasteiger partial charge in [-0.1, -0.05) is 41.6 Å². The van der Waals surface area contributed by atoms with Crippen molar-refractivity contribution in [3.05, 3.63) is 65.3 Å². The van der Waals surface area contributed by atoms with Crippen LogP contribution in [0.5, 0.6) is 11.5 Å². The minimum Gasteiger partial charge on any atom is -0.497 e. The molecule has 0 bridgehead atoms. The molecule has 1 N–H and O–H groups in total. The third-order valence-corrected chi connectivity index (χ3v) is 6.81. The predicted octanol–water partition coefficient (Wildman–Crippen LogP) is 5.13. The lowest BCUT2D eigenvalue weighted by Crippen LogP contribution is -2.14. The van der Waals surface area contributed by atoms with Crippen LogP contribution in [0.1, 0.15) is 24.4 Å². The zero-order valence-electron chi connectivity index (χ0n) is 19.3. The largest absolute Gasteiger partial charge is 0.497 e. The lowest BCUT2D eigenvalue weighted by molar-refractivity contribution is -0.113. The number of amides is 1. The quantitative estimate of drug-likeness (QED) is 0.322. The first kappa shape index (κ1) is 23.8. The summed E-state index contributed by atoms with van der Waals surface area (Å²) in [5.41, 5.74) is 3.06. The maximum atomic E-state index is 12.5. The van der Waals surface area contributed by atoms with Crippen LogP contribution < -0.4 is 14.8 Å². The smallest absolute Gasteiger partial charge is 0.236 e. The van der Waals surface area contributed by atoms with Crippen molar-refractivity contribution in [1.82, 2.24) is 19.7 Å². The molecule has 10 heteroatoms. The van der Waals surface area contributed by atoms with Crippen LogP contribution in [0.15, 0.2) is 59.1 Å². The molecule has 0 saturated carbocycles. The Kier molecular flexibility index (Phi) is 7.49. The van der Waals surface area contributed by atoms with Crippen molar-refractivity contribution in [3.63, 3.8) is 0 Å². The monoisotopic (exact) mass is 495 g/mol. The first-order valence-electron chi connectivity index (χ1n) is 10.6. The van der Waals surface area contributed by atoms with Crippen molar-refractivity contribution < 1.29 is 14.3 Å². The summed E-state index contributed by atoms with van der Waals surface area (Å²) in [5.74, 6) is 2.18. The first-order valence-corrected chi connectivity index (χ1v) is 12.4. The second kappa shape index (κ2) is 10.7. The summed E-state index contributed by atoms with van der Waals surface area (Å²) in [6, 6.07) is 15.5. The Labute approximate surface area is 206 Å². The van der Waals surface area contributed by atoms with E-state index in [1.807, 2.05) is 79.4 Å². The number of carbonyl (C=O) groups is 1. The van der Waals surface area contributed by atoms with E-state index in [-0.39, 0.29) is 17.8 Å². The SMILES string of the molecule is COc1ccc(OC(C)c2nnc(SCC(=O)Nc3nc(-c4ccc(C)cc4)cs3)n2C)cc1. The number of anilines is 1. The average molecular weight is 496 g/mol. The number of rotatable bonds is 9. The highest BCUT2D eigenvalue weighted by Gasteiger charge is 2.18. The molecule has 0 spiro atoms. The van der Waals surface area contributed by atoms with Gasteiger partial charge in [0.15, 0.2) is 22.2 Å². The first-order chi connectivity index (χ1) is 16.4. The van der Waals surface area contributed by atoms with Gasteiger partial charge in [0.05, 0.1) is 18.6 Å². The van der Waals surface area contributed by atoms with E-state index in [1.165, 1.54) is 28.7 Å². The van der Waals surface area contributed by atoms with Gasteiger partial charge in [0, 0.05) is 18.0 Å². The van der Waals surface area contributed by atoms with E-state index in [1.54, 1.807) is 7.11 Å². The van der Waals surface area contributed by atoms with Crippen LogP contribution in [0.25, 0.3) is 11.3 Å². The zero-order chi connectivity index (χ0) is 24.1. The lowest BCUT2D eigenvalue weighted by atomic mass is 10.1. The molecule has 1 unspecified atom stereocenters. The molecule has 0 aliphatic rings. The number of hydrogen-bond acceptors (Lipinski definition) is 8. The molecule has 0 fully saturated rings. The number of nitrogens with zero attached hydrogens (tertiary/aromatic N) is 4. The van der Waals surface area contributed by atoms with E-state index < -0.39 is 0 Å². The minimum absolute atomic E-state index is 0.151. The number of thiazole rings is 1. The van der Waals surface area contributed by atoms with Gasteiger partial charge < -0.3 is 19.4 Å². The number of methoxy groups -OCH3 is 1. The summed E-state index contributed by atoms with van der Waals surface area (Å²) in [6.45, 7) is 3.95. The Bertz CT molecular complexity index is 1250. The van der Waals surface area contributed by atoms with Crippen LogP contribution in [0.3, 0.4) is 0 Å². The van der Waals surface area contributed by atoms with Crippen molar-refractivity contribution >= 4 is 34.1 Å². The van der Waals surface area contributed by atoms with Gasteiger partial charge in [-0.25, -0.2) is 4.98 Å². The third-order valence-electron chi connectivity index (χ3n) is 5.03. The average Bonchev–Trinajstić information content (AvgIpc) is 3.45. The summed E-state index contributed by atoms with van der Waals surface area (Å²) in [6.07, 6.45) is -0.315. The molecule has 2 aromatic carbocycles. The van der Waals surface area contributed by atoms with Crippen LogP contribution in [-0.2, 0) is 11.8 Å². The maximum absolute atomic E-state index is 12.5. The van der Waals surface area contributed by atoms with E-state index in [0.717, 1.165) is 17.0 Å². The van der Waals surface area contributed by atoms with Gasteiger partial charge in [-0.2, -0.15) is 0 Å². The Morgan fingerprint density at radius 3 is 2.53 bits per heavy atom. The third kappa shape index (κ3) is 5.75. The topological polar surface area (TPSA) is 91.2 Å². The molecule has 0 saturated heterocycles. The summed E-state index contributed by atoms with van der Waals surface area (Å²) in [4.78, 5) is 17.0.